The summed E-state index contributed by atoms with van der Waals surface area (Å²) in [5.41, 5.74) is 0.943. The normalized spacial score (nSPS) is 23.0. The molecule has 3 heteroatoms. The van der Waals surface area contributed by atoms with Crippen molar-refractivity contribution >= 4 is 5.78 Å². The van der Waals surface area contributed by atoms with Gasteiger partial charge in [0.25, 0.3) is 0 Å². The molecule has 0 aromatic carbocycles. The van der Waals surface area contributed by atoms with Gasteiger partial charge in [-0.15, -0.1) is 0 Å². The lowest BCUT2D eigenvalue weighted by atomic mass is 10.1. The predicted octanol–water partition coefficient (Wildman–Crippen LogP) is 1.48. The molecule has 3 nitrogen and oxygen atoms in total. The van der Waals surface area contributed by atoms with Gasteiger partial charge in [-0.2, -0.15) is 0 Å². The largest absolute Gasteiger partial charge is 0.472 e. The first-order valence-corrected chi connectivity index (χ1v) is 3.71. The lowest BCUT2D eigenvalue weighted by molar-refractivity contribution is -0.121. The fourth-order valence-electron chi connectivity index (χ4n) is 1.11. The summed E-state index contributed by atoms with van der Waals surface area (Å²) in [5.74, 6) is 0.00902. The third-order valence-corrected chi connectivity index (χ3v) is 1.73. The number of carbonyl (C=O) groups excluding carboxylic acids is 1. The molecule has 2 heterocycles. The van der Waals surface area contributed by atoms with Gasteiger partial charge >= 0.3 is 0 Å². The molecule has 0 amide bonds. The van der Waals surface area contributed by atoms with Crippen molar-refractivity contribution in [3.8, 4) is 0 Å². The van der Waals surface area contributed by atoms with Gasteiger partial charge in [-0.05, 0) is 18.2 Å². The van der Waals surface area contributed by atoms with Gasteiger partial charge in [-0.25, -0.2) is 0 Å². The monoisotopic (exact) mass is 164 g/mol. The van der Waals surface area contributed by atoms with Crippen LogP contribution < -0.4 is 0 Å². The van der Waals surface area contributed by atoms with E-state index in [1.807, 2.05) is 6.07 Å². The molecule has 1 aromatic rings. The molecule has 0 N–H and O–H groups in total. The van der Waals surface area contributed by atoms with Crippen LogP contribution in [0.1, 0.15) is 11.7 Å². The standard InChI is InChI=1S/C9H8O3/c10-8-1-2-9(12-6-8)7-3-4-11-5-7/h1-5,9H,6H2/t9-/m1/s1. The van der Waals surface area contributed by atoms with Gasteiger partial charge in [0.05, 0.1) is 12.5 Å². The Morgan fingerprint density at radius 2 is 2.42 bits per heavy atom. The van der Waals surface area contributed by atoms with E-state index in [1.54, 1.807) is 24.7 Å². The Balaban J connectivity index is 2.17. The summed E-state index contributed by atoms with van der Waals surface area (Å²) in [6.07, 6.45) is 6.35. The summed E-state index contributed by atoms with van der Waals surface area (Å²) < 4.78 is 10.1. The SMILES string of the molecule is O=C1C=C[C@H](c2ccoc2)OC1. The summed E-state index contributed by atoms with van der Waals surface area (Å²) in [7, 11) is 0. The van der Waals surface area contributed by atoms with Crippen molar-refractivity contribution in [2.75, 3.05) is 6.61 Å². The smallest absolute Gasteiger partial charge is 0.181 e. The predicted molar refractivity (Wildman–Crippen MR) is 41.5 cm³/mol. The van der Waals surface area contributed by atoms with Crippen LogP contribution in [-0.4, -0.2) is 12.4 Å². The molecular weight excluding hydrogens is 156 g/mol. The first kappa shape index (κ1) is 7.31. The zero-order valence-electron chi connectivity index (χ0n) is 6.40. The van der Waals surface area contributed by atoms with Crippen LogP contribution in [0.3, 0.4) is 0 Å². The van der Waals surface area contributed by atoms with Crippen molar-refractivity contribution in [2.45, 2.75) is 6.10 Å². The van der Waals surface area contributed by atoms with Crippen molar-refractivity contribution in [3.05, 3.63) is 36.3 Å². The fraction of sp³-hybridized carbons (Fsp3) is 0.222. The summed E-state index contributed by atoms with van der Waals surface area (Å²) in [6, 6.07) is 1.82. The molecule has 1 aliphatic heterocycles. The highest BCUT2D eigenvalue weighted by Crippen LogP contribution is 2.21. The van der Waals surface area contributed by atoms with Crippen LogP contribution in [0.4, 0.5) is 0 Å². The van der Waals surface area contributed by atoms with Crippen LogP contribution in [0.15, 0.2) is 35.2 Å². The molecule has 0 bridgehead atoms. The highest BCUT2D eigenvalue weighted by Gasteiger charge is 2.15. The zero-order valence-corrected chi connectivity index (χ0v) is 6.40. The highest BCUT2D eigenvalue weighted by atomic mass is 16.5. The quantitative estimate of drug-likeness (QED) is 0.631. The molecule has 0 spiro atoms. The topological polar surface area (TPSA) is 39.4 Å². The Labute approximate surface area is 69.6 Å². The first-order valence-electron chi connectivity index (χ1n) is 3.71. The third kappa shape index (κ3) is 1.31. The molecule has 1 atom stereocenters. The molecule has 62 valence electrons. The molecule has 0 saturated carbocycles. The van der Waals surface area contributed by atoms with E-state index in [9.17, 15) is 4.79 Å². The average Bonchev–Trinajstić information content (AvgIpc) is 2.58. The van der Waals surface area contributed by atoms with Crippen LogP contribution in [0, 0.1) is 0 Å². The van der Waals surface area contributed by atoms with E-state index in [1.165, 1.54) is 0 Å². The number of furan rings is 1. The molecule has 0 unspecified atom stereocenters. The fourth-order valence-corrected chi connectivity index (χ4v) is 1.11. The van der Waals surface area contributed by atoms with Crippen LogP contribution in [0.25, 0.3) is 0 Å². The van der Waals surface area contributed by atoms with Crippen molar-refractivity contribution in [3.63, 3.8) is 0 Å². The molecule has 0 saturated heterocycles. The Morgan fingerprint density at radius 3 is 3.00 bits per heavy atom. The maximum absolute atomic E-state index is 10.7. The van der Waals surface area contributed by atoms with Crippen molar-refractivity contribution in [2.24, 2.45) is 0 Å². The Hall–Kier alpha value is -1.35. The summed E-state index contributed by atoms with van der Waals surface area (Å²) in [4.78, 5) is 10.7. The molecule has 0 aliphatic carbocycles. The molecule has 1 aliphatic rings. The van der Waals surface area contributed by atoms with Gasteiger partial charge < -0.3 is 9.15 Å². The van der Waals surface area contributed by atoms with Gasteiger partial charge in [0.2, 0.25) is 0 Å². The number of carbonyl (C=O) groups is 1. The minimum absolute atomic E-state index is 0.00902. The lowest BCUT2D eigenvalue weighted by Crippen LogP contribution is -2.14. The summed E-state index contributed by atoms with van der Waals surface area (Å²) >= 11 is 0. The number of ether oxygens (including phenoxy) is 1. The van der Waals surface area contributed by atoms with E-state index < -0.39 is 0 Å². The van der Waals surface area contributed by atoms with E-state index >= 15 is 0 Å². The number of hydrogen-bond acceptors (Lipinski definition) is 3. The van der Waals surface area contributed by atoms with E-state index in [4.69, 9.17) is 9.15 Å². The zero-order chi connectivity index (χ0) is 8.39. The van der Waals surface area contributed by atoms with Gasteiger partial charge in [0.1, 0.15) is 12.7 Å². The second kappa shape index (κ2) is 2.95. The third-order valence-electron chi connectivity index (χ3n) is 1.73. The minimum Gasteiger partial charge on any atom is -0.472 e. The second-order valence-corrected chi connectivity index (χ2v) is 2.61. The highest BCUT2D eigenvalue weighted by molar-refractivity contribution is 5.91. The van der Waals surface area contributed by atoms with Crippen LogP contribution in [0.2, 0.25) is 0 Å². The maximum atomic E-state index is 10.7. The Bertz CT molecular complexity index is 298. The van der Waals surface area contributed by atoms with Crippen LogP contribution in [-0.2, 0) is 9.53 Å². The van der Waals surface area contributed by atoms with Gasteiger partial charge in [-0.1, -0.05) is 0 Å². The summed E-state index contributed by atoms with van der Waals surface area (Å²) in [6.45, 7) is 0.159. The second-order valence-electron chi connectivity index (χ2n) is 2.61. The molecule has 0 fully saturated rings. The average molecular weight is 164 g/mol. The number of hydrogen-bond donors (Lipinski definition) is 0. The first-order chi connectivity index (χ1) is 5.86. The molecular formula is C9H8O3. The molecule has 12 heavy (non-hydrogen) atoms. The molecule has 2 rings (SSSR count). The minimum atomic E-state index is -0.124. The van der Waals surface area contributed by atoms with Crippen molar-refractivity contribution in [1.29, 1.82) is 0 Å². The Kier molecular flexibility index (Phi) is 1.80. The van der Waals surface area contributed by atoms with Crippen molar-refractivity contribution < 1.29 is 13.9 Å². The number of rotatable bonds is 1. The van der Waals surface area contributed by atoms with E-state index in [2.05, 4.69) is 0 Å². The van der Waals surface area contributed by atoms with Crippen molar-refractivity contribution in [1.82, 2.24) is 0 Å². The van der Waals surface area contributed by atoms with Crippen LogP contribution in [0.5, 0.6) is 0 Å². The van der Waals surface area contributed by atoms with Crippen LogP contribution >= 0.6 is 0 Å². The van der Waals surface area contributed by atoms with Gasteiger partial charge in [0, 0.05) is 5.56 Å². The van der Waals surface area contributed by atoms with E-state index in [-0.39, 0.29) is 18.5 Å². The molecule has 1 aromatic heterocycles. The van der Waals surface area contributed by atoms with Gasteiger partial charge in [0.15, 0.2) is 5.78 Å². The maximum Gasteiger partial charge on any atom is 0.181 e. The van der Waals surface area contributed by atoms with Gasteiger partial charge in [-0.3, -0.25) is 4.79 Å². The van der Waals surface area contributed by atoms with E-state index in [0.29, 0.717) is 0 Å². The number of ketones is 1. The molecule has 0 radical (unpaired) electrons. The van der Waals surface area contributed by atoms with E-state index in [0.717, 1.165) is 5.56 Å². The summed E-state index contributed by atoms with van der Waals surface area (Å²) in [5, 5.41) is 0. The lowest BCUT2D eigenvalue weighted by Gasteiger charge is -2.14. The Morgan fingerprint density at radius 1 is 1.50 bits per heavy atom.